The Bertz CT molecular complexity index is 1700. The van der Waals surface area contributed by atoms with Crippen molar-refractivity contribution in [1.82, 2.24) is 19.8 Å². The second-order valence-corrected chi connectivity index (χ2v) is 9.59. The number of halogens is 1. The van der Waals surface area contributed by atoms with Gasteiger partial charge in [0.15, 0.2) is 5.75 Å². The van der Waals surface area contributed by atoms with E-state index in [4.69, 9.17) is 9.84 Å². The fraction of sp³-hybridized carbons (Fsp3) is 0.233. The average Bonchev–Trinajstić information content (AvgIpc) is 3.23. The summed E-state index contributed by atoms with van der Waals surface area (Å²) < 4.78 is 19.7. The van der Waals surface area contributed by atoms with E-state index in [1.165, 1.54) is 22.9 Å². The number of aliphatic hydroxyl groups is 1. The van der Waals surface area contributed by atoms with Crippen LogP contribution in [0.25, 0.3) is 11.0 Å². The Balaban J connectivity index is 1.51. The van der Waals surface area contributed by atoms with Gasteiger partial charge in [0.25, 0.3) is 23.3 Å². The number of amides is 3. The lowest BCUT2D eigenvalue weighted by atomic mass is 10.1. The van der Waals surface area contributed by atoms with Crippen LogP contribution in [-0.2, 0) is 17.7 Å². The molecule has 0 unspecified atom stereocenters. The molecule has 1 aliphatic rings. The number of rotatable bonds is 11. The SMILES string of the molecule is O=C(NCCOCCO)c1c(O)c2ncc(Cc3ccc(F)cc3)cc2n(CCN2C(=O)c3ccccc3C2=O)c1=O. The Kier molecular flexibility index (Phi) is 8.36. The summed E-state index contributed by atoms with van der Waals surface area (Å²) in [6.45, 7) is -0.390. The first-order valence-electron chi connectivity index (χ1n) is 13.2. The van der Waals surface area contributed by atoms with Gasteiger partial charge in [-0.25, -0.2) is 4.39 Å². The molecule has 11 nitrogen and oxygen atoms in total. The van der Waals surface area contributed by atoms with Crippen molar-refractivity contribution >= 4 is 28.8 Å². The second-order valence-electron chi connectivity index (χ2n) is 9.59. The predicted octanol–water partition coefficient (Wildman–Crippen LogP) is 1.87. The maximum Gasteiger partial charge on any atom is 0.267 e. The molecule has 0 fully saturated rings. The maximum atomic E-state index is 13.7. The van der Waals surface area contributed by atoms with Gasteiger partial charge in [0.05, 0.1) is 36.5 Å². The molecule has 4 aromatic rings. The summed E-state index contributed by atoms with van der Waals surface area (Å²) in [5.41, 5.74) is 0.714. The quantitative estimate of drug-likeness (QED) is 0.181. The molecular formula is C30H27FN4O7. The van der Waals surface area contributed by atoms with Crippen molar-refractivity contribution in [3.63, 3.8) is 0 Å². The second kappa shape index (κ2) is 12.3. The maximum absolute atomic E-state index is 13.7. The molecule has 3 amide bonds. The molecule has 3 N–H and O–H groups in total. The van der Waals surface area contributed by atoms with Crippen LogP contribution in [0, 0.1) is 5.82 Å². The first-order valence-corrected chi connectivity index (χ1v) is 13.2. The Labute approximate surface area is 238 Å². The highest BCUT2D eigenvalue weighted by molar-refractivity contribution is 6.21. The van der Waals surface area contributed by atoms with Gasteiger partial charge in [0.2, 0.25) is 0 Å². The van der Waals surface area contributed by atoms with E-state index in [-0.39, 0.29) is 67.4 Å². The number of aromatic hydroxyl groups is 1. The molecule has 0 aliphatic carbocycles. The van der Waals surface area contributed by atoms with Gasteiger partial charge in [-0.2, -0.15) is 0 Å². The van der Waals surface area contributed by atoms with Crippen molar-refractivity contribution in [3.05, 3.63) is 105 Å². The molecule has 5 rings (SSSR count). The van der Waals surface area contributed by atoms with Crippen LogP contribution >= 0.6 is 0 Å². The number of aliphatic hydroxyl groups excluding tert-OH is 1. The predicted molar refractivity (Wildman–Crippen MR) is 149 cm³/mol. The van der Waals surface area contributed by atoms with Crippen LogP contribution in [-0.4, -0.2) is 75.3 Å². The molecular weight excluding hydrogens is 547 g/mol. The number of aromatic nitrogens is 2. The summed E-state index contributed by atoms with van der Waals surface area (Å²) >= 11 is 0. The van der Waals surface area contributed by atoms with E-state index < -0.39 is 34.6 Å². The highest BCUT2D eigenvalue weighted by Crippen LogP contribution is 2.27. The van der Waals surface area contributed by atoms with E-state index in [0.29, 0.717) is 12.0 Å². The number of nitrogens with one attached hydrogen (secondary N) is 1. The van der Waals surface area contributed by atoms with Gasteiger partial charge in [-0.05, 0) is 47.9 Å². The van der Waals surface area contributed by atoms with Gasteiger partial charge in [0, 0.05) is 25.8 Å². The number of nitrogens with zero attached hydrogens (tertiary/aromatic N) is 3. The normalized spacial score (nSPS) is 12.7. The number of ether oxygens (including phenoxy) is 1. The largest absolute Gasteiger partial charge is 0.505 e. The zero-order valence-corrected chi connectivity index (χ0v) is 22.4. The highest BCUT2D eigenvalue weighted by atomic mass is 19.1. The Morgan fingerprint density at radius 1 is 0.952 bits per heavy atom. The van der Waals surface area contributed by atoms with E-state index in [1.807, 2.05) is 0 Å². The van der Waals surface area contributed by atoms with Crippen molar-refractivity contribution in [2.45, 2.75) is 13.0 Å². The summed E-state index contributed by atoms with van der Waals surface area (Å²) in [6.07, 6.45) is 1.82. The van der Waals surface area contributed by atoms with Crippen LogP contribution in [0.2, 0.25) is 0 Å². The number of pyridine rings is 2. The Hall–Kier alpha value is -4.94. The minimum absolute atomic E-state index is 0.00876. The van der Waals surface area contributed by atoms with Gasteiger partial charge >= 0.3 is 0 Å². The highest BCUT2D eigenvalue weighted by Gasteiger charge is 2.35. The smallest absolute Gasteiger partial charge is 0.267 e. The minimum atomic E-state index is -0.862. The number of hydrogen-bond donors (Lipinski definition) is 3. The molecule has 0 radical (unpaired) electrons. The van der Waals surface area contributed by atoms with E-state index in [1.54, 1.807) is 42.5 Å². The third-order valence-electron chi connectivity index (χ3n) is 6.88. The lowest BCUT2D eigenvalue weighted by Crippen LogP contribution is -2.38. The summed E-state index contributed by atoms with van der Waals surface area (Å²) in [7, 11) is 0. The summed E-state index contributed by atoms with van der Waals surface area (Å²) in [4.78, 5) is 57.9. The lowest BCUT2D eigenvalue weighted by Gasteiger charge is -2.18. The zero-order chi connectivity index (χ0) is 29.8. The third kappa shape index (κ3) is 5.62. The van der Waals surface area contributed by atoms with Crippen LogP contribution in [0.3, 0.4) is 0 Å². The monoisotopic (exact) mass is 574 g/mol. The van der Waals surface area contributed by atoms with Crippen molar-refractivity contribution < 1.29 is 33.7 Å². The zero-order valence-electron chi connectivity index (χ0n) is 22.4. The number of hydrogen-bond acceptors (Lipinski definition) is 8. The molecule has 1 aliphatic heterocycles. The molecule has 3 heterocycles. The fourth-order valence-corrected chi connectivity index (χ4v) is 4.84. The summed E-state index contributed by atoms with van der Waals surface area (Å²) in [6, 6.07) is 13.9. The number of imide groups is 1. The molecule has 0 saturated carbocycles. The first kappa shape index (κ1) is 28.6. The standard InChI is InChI=1S/C30H27FN4O7/c31-20-7-5-18(6-8-20)15-19-16-23-25(33-17-19)26(37)24(27(38)32-9-13-42-14-12-36)30(41)34(23)10-11-35-28(39)21-3-1-2-4-22(21)29(35)40/h1-8,16-17,36-37H,9-15H2,(H,32,38). The van der Waals surface area contributed by atoms with E-state index in [0.717, 1.165) is 10.5 Å². The summed E-state index contributed by atoms with van der Waals surface area (Å²) in [5.74, 6) is -2.86. The summed E-state index contributed by atoms with van der Waals surface area (Å²) in [5, 5.41) is 22.3. The van der Waals surface area contributed by atoms with Gasteiger partial charge in [-0.3, -0.25) is 29.1 Å². The Morgan fingerprint density at radius 2 is 1.64 bits per heavy atom. The van der Waals surface area contributed by atoms with Crippen LogP contribution < -0.4 is 10.9 Å². The Morgan fingerprint density at radius 3 is 2.31 bits per heavy atom. The number of fused-ring (bicyclic) bond motifs is 2. The molecule has 216 valence electrons. The van der Waals surface area contributed by atoms with Crippen molar-refractivity contribution in [1.29, 1.82) is 0 Å². The lowest BCUT2D eigenvalue weighted by molar-refractivity contribution is 0.0648. The van der Waals surface area contributed by atoms with Crippen molar-refractivity contribution in [3.8, 4) is 5.75 Å². The minimum Gasteiger partial charge on any atom is -0.505 e. The van der Waals surface area contributed by atoms with Crippen LogP contribution in [0.4, 0.5) is 4.39 Å². The van der Waals surface area contributed by atoms with E-state index >= 15 is 0 Å². The average molecular weight is 575 g/mol. The number of benzene rings is 2. The van der Waals surface area contributed by atoms with Crippen LogP contribution in [0.5, 0.6) is 5.75 Å². The van der Waals surface area contributed by atoms with E-state index in [9.17, 15) is 28.7 Å². The molecule has 2 aromatic heterocycles. The molecule has 0 saturated heterocycles. The molecule has 42 heavy (non-hydrogen) atoms. The van der Waals surface area contributed by atoms with Crippen LogP contribution in [0.1, 0.15) is 42.2 Å². The van der Waals surface area contributed by atoms with E-state index in [2.05, 4.69) is 10.3 Å². The third-order valence-corrected chi connectivity index (χ3v) is 6.88. The van der Waals surface area contributed by atoms with Gasteiger partial charge in [-0.15, -0.1) is 0 Å². The number of carbonyl (C=O) groups excluding carboxylic acids is 3. The van der Waals surface area contributed by atoms with Gasteiger partial charge in [0.1, 0.15) is 16.9 Å². The topological polar surface area (TPSA) is 151 Å². The van der Waals surface area contributed by atoms with Crippen molar-refractivity contribution in [2.24, 2.45) is 0 Å². The molecule has 0 spiro atoms. The molecule has 0 atom stereocenters. The molecule has 12 heteroatoms. The molecule has 0 bridgehead atoms. The fourth-order valence-electron chi connectivity index (χ4n) is 4.84. The van der Waals surface area contributed by atoms with Crippen LogP contribution in [0.15, 0.2) is 65.6 Å². The molecule has 2 aromatic carbocycles. The van der Waals surface area contributed by atoms with Gasteiger partial charge in [-0.1, -0.05) is 24.3 Å². The first-order chi connectivity index (χ1) is 20.3. The number of carbonyl (C=O) groups is 3. The van der Waals surface area contributed by atoms with Crippen molar-refractivity contribution in [2.75, 3.05) is 32.9 Å². The van der Waals surface area contributed by atoms with Gasteiger partial charge < -0.3 is 24.8 Å².